The predicted molar refractivity (Wildman–Crippen MR) is 57.2 cm³/mol. The molecule has 0 saturated heterocycles. The number of nitrogens with one attached hydrogen (secondary N) is 2. The molecule has 0 aliphatic heterocycles. The summed E-state index contributed by atoms with van der Waals surface area (Å²) in [6.45, 7) is 1.25. The van der Waals surface area contributed by atoms with E-state index in [0.29, 0.717) is 5.69 Å². The van der Waals surface area contributed by atoms with E-state index in [1.54, 1.807) is 0 Å². The van der Waals surface area contributed by atoms with Crippen LogP contribution in [0, 0.1) is 0 Å². The molecule has 0 aliphatic carbocycles. The fourth-order valence-corrected chi connectivity index (χ4v) is 1.63. The van der Waals surface area contributed by atoms with E-state index in [9.17, 15) is 9.59 Å². The molecule has 1 amide bonds. The quantitative estimate of drug-likeness (QED) is 0.644. The third-order valence-corrected chi connectivity index (χ3v) is 2.56. The number of aromatic amines is 1. The Balaban J connectivity index is 2.93. The van der Waals surface area contributed by atoms with Gasteiger partial charge in [0.2, 0.25) is 5.91 Å². The van der Waals surface area contributed by atoms with Crippen molar-refractivity contribution in [1.29, 1.82) is 0 Å². The third kappa shape index (κ3) is 2.73. The zero-order valence-electron chi connectivity index (χ0n) is 8.66. The normalized spacial score (nSPS) is 14.1. The van der Waals surface area contributed by atoms with Crippen LogP contribution in [0.3, 0.4) is 0 Å². The number of H-pyrrole nitrogens is 1. The molecule has 88 valence electrons. The molecule has 1 aromatic rings. The van der Waals surface area contributed by atoms with Crippen LogP contribution in [0.2, 0.25) is 0 Å². The number of hydrogen-bond acceptors (Lipinski definition) is 3. The van der Waals surface area contributed by atoms with Crippen LogP contribution < -0.4 is 5.32 Å². The van der Waals surface area contributed by atoms with Gasteiger partial charge in [0.05, 0.1) is 12.2 Å². The summed E-state index contributed by atoms with van der Waals surface area (Å²) in [4.78, 5) is 28.7. The first-order valence-corrected chi connectivity index (χ1v) is 5.09. The Morgan fingerprint density at radius 3 is 2.75 bits per heavy atom. The number of carboxylic acid groups (broad SMARTS) is 1. The van der Waals surface area contributed by atoms with E-state index < -0.39 is 17.4 Å². The second-order valence-electron chi connectivity index (χ2n) is 3.46. The highest BCUT2D eigenvalue weighted by molar-refractivity contribution is 6.20. The Kier molecular flexibility index (Phi) is 3.89. The maximum absolute atomic E-state index is 11.2. The first-order chi connectivity index (χ1) is 7.50. The Labute approximate surface area is 97.0 Å². The summed E-state index contributed by atoms with van der Waals surface area (Å²) < 4.78 is 0. The molecule has 3 N–H and O–H groups in total. The van der Waals surface area contributed by atoms with E-state index in [1.807, 2.05) is 0 Å². The summed E-state index contributed by atoms with van der Waals surface area (Å²) in [5.74, 6) is -1.84. The molecule has 1 heterocycles. The van der Waals surface area contributed by atoms with Crippen LogP contribution in [-0.4, -0.2) is 38.4 Å². The topological polar surface area (TPSA) is 95.1 Å². The summed E-state index contributed by atoms with van der Waals surface area (Å²) in [5.41, 5.74) is -0.906. The van der Waals surface area contributed by atoms with Gasteiger partial charge < -0.3 is 15.4 Å². The molecule has 1 atom stereocenters. The van der Waals surface area contributed by atoms with Gasteiger partial charge in [-0.1, -0.05) is 0 Å². The maximum Gasteiger partial charge on any atom is 0.331 e. The molecule has 16 heavy (non-hydrogen) atoms. The van der Waals surface area contributed by atoms with Crippen LogP contribution in [0.1, 0.15) is 12.6 Å². The molecule has 1 aromatic heterocycles. The zero-order chi connectivity index (χ0) is 12.2. The van der Waals surface area contributed by atoms with Crippen molar-refractivity contribution in [3.05, 3.63) is 18.2 Å². The first-order valence-electron chi connectivity index (χ1n) is 4.55. The lowest BCUT2D eigenvalue weighted by Crippen LogP contribution is -2.57. The van der Waals surface area contributed by atoms with Gasteiger partial charge >= 0.3 is 5.97 Å². The second-order valence-corrected chi connectivity index (χ2v) is 3.72. The molecular formula is C9H12ClN3O3. The van der Waals surface area contributed by atoms with Gasteiger partial charge in [-0.25, -0.2) is 9.78 Å². The molecule has 0 saturated carbocycles. The van der Waals surface area contributed by atoms with Gasteiger partial charge in [0.1, 0.15) is 0 Å². The Morgan fingerprint density at radius 1 is 1.69 bits per heavy atom. The molecule has 0 spiro atoms. The van der Waals surface area contributed by atoms with Gasteiger partial charge in [0.25, 0.3) is 0 Å². The van der Waals surface area contributed by atoms with Crippen LogP contribution in [0.25, 0.3) is 0 Å². The molecule has 1 rings (SSSR count). The highest BCUT2D eigenvalue weighted by Crippen LogP contribution is 2.14. The number of carbonyl (C=O) groups excluding carboxylic acids is 1. The molecule has 7 heteroatoms. The largest absolute Gasteiger partial charge is 0.479 e. The fourth-order valence-electron chi connectivity index (χ4n) is 1.35. The van der Waals surface area contributed by atoms with Crippen molar-refractivity contribution in [2.75, 3.05) is 5.88 Å². The molecule has 0 aromatic carbocycles. The summed E-state index contributed by atoms with van der Waals surface area (Å²) in [6.07, 6.45) is 2.99. The van der Waals surface area contributed by atoms with Crippen LogP contribution in [0.5, 0.6) is 0 Å². The molecule has 0 aliphatic rings. The summed E-state index contributed by atoms with van der Waals surface area (Å²) >= 11 is 5.65. The summed E-state index contributed by atoms with van der Waals surface area (Å²) in [7, 11) is 0. The number of carboxylic acids is 1. The lowest BCUT2D eigenvalue weighted by atomic mass is 9.96. The highest BCUT2D eigenvalue weighted by atomic mass is 35.5. The van der Waals surface area contributed by atoms with E-state index >= 15 is 0 Å². The standard InChI is InChI=1S/C9H12ClN3O3/c1-6(14)13-9(4-10,8(15)16)2-7-3-11-5-12-7/h3,5H,2,4H2,1H3,(H,11,12)(H,13,14)(H,15,16). The Hall–Kier alpha value is -1.56. The van der Waals surface area contributed by atoms with Gasteiger partial charge in [-0.05, 0) is 0 Å². The van der Waals surface area contributed by atoms with Crippen molar-refractivity contribution >= 4 is 23.5 Å². The molecular weight excluding hydrogens is 234 g/mol. The van der Waals surface area contributed by atoms with Crippen LogP contribution in [-0.2, 0) is 16.0 Å². The van der Waals surface area contributed by atoms with E-state index in [1.165, 1.54) is 19.4 Å². The Morgan fingerprint density at radius 2 is 2.38 bits per heavy atom. The van der Waals surface area contributed by atoms with E-state index in [-0.39, 0.29) is 12.3 Å². The zero-order valence-corrected chi connectivity index (χ0v) is 9.41. The van der Waals surface area contributed by atoms with Gasteiger partial charge in [-0.2, -0.15) is 0 Å². The number of amides is 1. The summed E-state index contributed by atoms with van der Waals surface area (Å²) in [5, 5.41) is 11.5. The van der Waals surface area contributed by atoms with Crippen molar-refractivity contribution in [1.82, 2.24) is 15.3 Å². The molecule has 0 bridgehead atoms. The average Bonchev–Trinajstić information content (AvgIpc) is 2.68. The van der Waals surface area contributed by atoms with E-state index in [0.717, 1.165) is 0 Å². The smallest absolute Gasteiger partial charge is 0.331 e. The van der Waals surface area contributed by atoms with Gasteiger partial charge in [0.15, 0.2) is 5.54 Å². The third-order valence-electron chi connectivity index (χ3n) is 2.10. The number of rotatable bonds is 5. The van der Waals surface area contributed by atoms with Crippen LogP contribution >= 0.6 is 11.6 Å². The molecule has 0 radical (unpaired) electrons. The number of hydrogen-bond donors (Lipinski definition) is 3. The van der Waals surface area contributed by atoms with Crippen molar-refractivity contribution in [2.24, 2.45) is 0 Å². The first kappa shape index (κ1) is 12.5. The lowest BCUT2D eigenvalue weighted by molar-refractivity contribution is -0.146. The molecule has 6 nitrogen and oxygen atoms in total. The number of carbonyl (C=O) groups is 2. The number of alkyl halides is 1. The minimum atomic E-state index is -1.50. The van der Waals surface area contributed by atoms with Crippen molar-refractivity contribution in [2.45, 2.75) is 18.9 Å². The number of imidazole rings is 1. The minimum Gasteiger partial charge on any atom is -0.479 e. The fraction of sp³-hybridized carbons (Fsp3) is 0.444. The number of nitrogens with zero attached hydrogens (tertiary/aromatic N) is 1. The van der Waals surface area contributed by atoms with E-state index in [2.05, 4.69) is 15.3 Å². The number of aromatic nitrogens is 2. The van der Waals surface area contributed by atoms with Gasteiger partial charge in [-0.3, -0.25) is 4.79 Å². The lowest BCUT2D eigenvalue weighted by Gasteiger charge is -2.27. The van der Waals surface area contributed by atoms with Gasteiger partial charge in [0, 0.05) is 25.2 Å². The van der Waals surface area contributed by atoms with Gasteiger partial charge in [-0.15, -0.1) is 11.6 Å². The van der Waals surface area contributed by atoms with Crippen molar-refractivity contribution < 1.29 is 14.7 Å². The highest BCUT2D eigenvalue weighted by Gasteiger charge is 2.39. The minimum absolute atomic E-state index is 0.0609. The molecule has 0 fully saturated rings. The predicted octanol–water partition coefficient (Wildman–Crippen LogP) is 0.150. The molecule has 1 unspecified atom stereocenters. The number of halogens is 1. The summed E-state index contributed by atoms with van der Waals surface area (Å²) in [6, 6.07) is 0. The van der Waals surface area contributed by atoms with Crippen molar-refractivity contribution in [3.63, 3.8) is 0 Å². The van der Waals surface area contributed by atoms with Crippen LogP contribution in [0.15, 0.2) is 12.5 Å². The van der Waals surface area contributed by atoms with Crippen LogP contribution in [0.4, 0.5) is 0 Å². The van der Waals surface area contributed by atoms with E-state index in [4.69, 9.17) is 16.7 Å². The second kappa shape index (κ2) is 4.98. The average molecular weight is 246 g/mol. The monoisotopic (exact) mass is 245 g/mol. The van der Waals surface area contributed by atoms with Crippen molar-refractivity contribution in [3.8, 4) is 0 Å². The SMILES string of the molecule is CC(=O)NC(CCl)(Cc1cnc[nH]1)C(=O)O. The maximum atomic E-state index is 11.2. The Bertz CT molecular complexity index is 379. The number of aliphatic carboxylic acids is 1.